The molecule has 0 aliphatic heterocycles. The number of para-hydroxylation sites is 2. The van der Waals surface area contributed by atoms with E-state index in [4.69, 9.17) is 21.2 Å². The van der Waals surface area contributed by atoms with Crippen LogP contribution in [0.2, 0.25) is 19.6 Å². The maximum Gasteiger partial charge on any atom is 0.217 e. The molecule has 12 aromatic rings. The number of rotatable bonds is 9. The van der Waals surface area contributed by atoms with Crippen molar-refractivity contribution >= 4 is 57.1 Å². The molecular weight excluding hydrogens is 1100 g/mol. The molecule has 0 saturated carbocycles. The zero-order valence-electron chi connectivity index (χ0n) is 47.3. The Bertz CT molecular complexity index is 4090. The number of furan rings is 1. The number of benzene rings is 8. The predicted octanol–water partition coefficient (Wildman–Crippen LogP) is 17.0. The van der Waals surface area contributed by atoms with Crippen LogP contribution < -0.4 is 5.19 Å². The van der Waals surface area contributed by atoms with E-state index in [0.717, 1.165) is 99.5 Å². The molecule has 0 bridgehead atoms. The molecule has 0 spiro atoms. The van der Waals surface area contributed by atoms with E-state index in [1.165, 1.54) is 5.56 Å². The van der Waals surface area contributed by atoms with Gasteiger partial charge in [-0.25, -0.2) is 4.98 Å². The van der Waals surface area contributed by atoms with Gasteiger partial charge in [0.15, 0.2) is 0 Å². The normalized spacial score (nSPS) is 13.1. The first-order chi connectivity index (χ1) is 37.4. The minimum absolute atomic E-state index is 0. The fourth-order valence-electron chi connectivity index (χ4n) is 9.85. The molecular formula is C67H58IrN4OSi-2. The topological polar surface area (TPSA) is 56.7 Å². The van der Waals surface area contributed by atoms with Crippen molar-refractivity contribution in [2.24, 2.45) is 5.41 Å². The molecule has 0 aliphatic rings. The second kappa shape index (κ2) is 20.8. The van der Waals surface area contributed by atoms with E-state index in [9.17, 15) is 0 Å². The predicted molar refractivity (Wildman–Crippen MR) is 308 cm³/mol. The number of hydrogen-bond acceptors (Lipinski definition) is 4. The van der Waals surface area contributed by atoms with Gasteiger partial charge in [0, 0.05) is 56.0 Å². The molecule has 4 heterocycles. The maximum absolute atomic E-state index is 8.75. The van der Waals surface area contributed by atoms with Crippen molar-refractivity contribution in [3.63, 3.8) is 0 Å². The summed E-state index contributed by atoms with van der Waals surface area (Å²) in [5.74, 6) is 0.748. The van der Waals surface area contributed by atoms with Crippen LogP contribution in [0.3, 0.4) is 0 Å². The molecule has 1 radical (unpaired) electrons. The van der Waals surface area contributed by atoms with Crippen molar-refractivity contribution in [3.05, 3.63) is 229 Å². The average molecular weight is 1160 g/mol. The molecule has 74 heavy (non-hydrogen) atoms. The van der Waals surface area contributed by atoms with E-state index in [-0.39, 0.29) is 25.7 Å². The minimum Gasteiger partial charge on any atom is -0.486 e. The maximum atomic E-state index is 8.75. The SMILES string of the molecule is [2H]C([2H])([2H])c1ccc(-c2nc3oc4c(-c5nc6ccccc6n5Cc5c(-c6ccccc6)cccc5-c5ccccc5)[c-]ccc4c3c3ccccc23)cc1.[2H]C([2H])(c1cc(-c2[c-]cccc2)ncc1[Si](C)(C)C)C(C)(C)C.[Ir]. The van der Waals surface area contributed by atoms with E-state index >= 15 is 0 Å². The van der Waals surface area contributed by atoms with Crippen molar-refractivity contribution in [2.45, 2.75) is 60.2 Å². The van der Waals surface area contributed by atoms with Crippen LogP contribution in [0.1, 0.15) is 44.3 Å². The molecule has 4 aromatic heterocycles. The Kier molecular flexibility index (Phi) is 12.3. The quantitative estimate of drug-likeness (QED) is 0.107. The summed E-state index contributed by atoms with van der Waals surface area (Å²) in [6, 6.07) is 71.3. The first-order valence-corrected chi connectivity index (χ1v) is 28.3. The second-order valence-electron chi connectivity index (χ2n) is 20.6. The van der Waals surface area contributed by atoms with Crippen molar-refractivity contribution in [3.8, 4) is 56.2 Å². The van der Waals surface area contributed by atoms with Crippen LogP contribution in [0.25, 0.3) is 100 Å². The summed E-state index contributed by atoms with van der Waals surface area (Å²) >= 11 is 0. The van der Waals surface area contributed by atoms with Gasteiger partial charge in [-0.1, -0.05) is 208 Å². The Morgan fingerprint density at radius 3 is 1.97 bits per heavy atom. The molecule has 367 valence electrons. The average Bonchev–Trinajstić information content (AvgIpc) is 4.02. The van der Waals surface area contributed by atoms with E-state index in [0.29, 0.717) is 17.8 Å². The zero-order chi connectivity index (χ0) is 54.6. The summed E-state index contributed by atoms with van der Waals surface area (Å²) in [5.41, 5.74) is 13.4. The summed E-state index contributed by atoms with van der Waals surface area (Å²) in [6.45, 7) is 10.9. The van der Waals surface area contributed by atoms with Crippen LogP contribution in [0.4, 0.5) is 0 Å². The van der Waals surface area contributed by atoms with Crippen molar-refractivity contribution in [2.75, 3.05) is 0 Å². The zero-order valence-corrected chi connectivity index (χ0v) is 45.7. The van der Waals surface area contributed by atoms with E-state index < -0.39 is 26.7 Å². The molecule has 7 heteroatoms. The monoisotopic (exact) mass is 1160 g/mol. The third-order valence-electron chi connectivity index (χ3n) is 13.2. The Morgan fingerprint density at radius 2 is 1.31 bits per heavy atom. The smallest absolute Gasteiger partial charge is 0.217 e. The molecule has 0 N–H and O–H groups in total. The van der Waals surface area contributed by atoms with Gasteiger partial charge in [0.05, 0.1) is 36.2 Å². The Labute approximate surface area is 456 Å². The van der Waals surface area contributed by atoms with Gasteiger partial charge in [0.25, 0.3) is 0 Å². The van der Waals surface area contributed by atoms with Gasteiger partial charge in [0.1, 0.15) is 0 Å². The Balaban J connectivity index is 0.000000248. The van der Waals surface area contributed by atoms with Crippen molar-refractivity contribution in [1.29, 1.82) is 0 Å². The van der Waals surface area contributed by atoms with E-state index in [2.05, 4.69) is 132 Å². The first-order valence-electron chi connectivity index (χ1n) is 27.3. The molecule has 8 aromatic carbocycles. The van der Waals surface area contributed by atoms with Crippen LogP contribution >= 0.6 is 0 Å². The molecule has 0 amide bonds. The molecule has 12 rings (SSSR count). The van der Waals surface area contributed by atoms with Crippen LogP contribution in [-0.4, -0.2) is 27.6 Å². The third kappa shape index (κ3) is 10.1. The molecule has 0 atom stereocenters. The summed E-state index contributed by atoms with van der Waals surface area (Å²) in [6.07, 6.45) is 0.469. The number of hydrogen-bond donors (Lipinski definition) is 0. The van der Waals surface area contributed by atoms with Crippen LogP contribution in [0.15, 0.2) is 205 Å². The fraction of sp³-hybridized carbons (Fsp3) is 0.149. The molecule has 0 unspecified atom stereocenters. The molecule has 0 aliphatic carbocycles. The number of aryl methyl sites for hydroxylation is 1. The van der Waals surface area contributed by atoms with E-state index in [1.807, 2.05) is 118 Å². The number of imidazole rings is 1. The Hall–Kier alpha value is -7.54. The summed E-state index contributed by atoms with van der Waals surface area (Å²) < 4.78 is 50.1. The van der Waals surface area contributed by atoms with Gasteiger partial charge < -0.3 is 14.0 Å². The van der Waals surface area contributed by atoms with Gasteiger partial charge in [-0.3, -0.25) is 4.98 Å². The first kappa shape index (κ1) is 44.0. The summed E-state index contributed by atoms with van der Waals surface area (Å²) in [5, 5.41) is 4.87. The molecule has 5 nitrogen and oxygen atoms in total. The van der Waals surface area contributed by atoms with Gasteiger partial charge in [0.2, 0.25) is 5.71 Å². The fourth-order valence-corrected chi connectivity index (χ4v) is 11.2. The number of pyridine rings is 2. The van der Waals surface area contributed by atoms with Gasteiger partial charge in [-0.15, -0.1) is 54.1 Å². The van der Waals surface area contributed by atoms with Gasteiger partial charge >= 0.3 is 0 Å². The minimum atomic E-state index is -2.19. The third-order valence-corrected chi connectivity index (χ3v) is 15.2. The number of nitrogens with zero attached hydrogens (tertiary/aromatic N) is 4. The van der Waals surface area contributed by atoms with Crippen LogP contribution in [-0.2, 0) is 33.0 Å². The van der Waals surface area contributed by atoms with Crippen molar-refractivity contribution < 1.29 is 31.4 Å². The van der Waals surface area contributed by atoms with Gasteiger partial charge in [-0.05, 0) is 74.9 Å². The van der Waals surface area contributed by atoms with Crippen LogP contribution in [0, 0.1) is 24.4 Å². The van der Waals surface area contributed by atoms with Crippen LogP contribution in [0.5, 0.6) is 0 Å². The van der Waals surface area contributed by atoms with E-state index in [1.54, 1.807) is 12.1 Å². The molecule has 0 saturated heterocycles. The summed E-state index contributed by atoms with van der Waals surface area (Å²) in [4.78, 5) is 15.0. The molecule has 0 fully saturated rings. The summed E-state index contributed by atoms with van der Waals surface area (Å²) in [7, 11) is -1.70. The standard InChI is InChI=1S/C48H32N3O.C19H26NSi.Ir/c1-31-26-28-34(29-27-31)45-38-19-9-8-18-37(38)44-39-22-13-23-40(46(39)52-48(44)50-45)47-49-42-24-10-11-25-43(42)51(47)30-41-35(32-14-4-2-5-15-32)20-12-21-36(41)33-16-6-3-7-17-33;1-19(2,3)13-16-12-17(15-10-8-7-9-11-15)20-14-18(16)21(4,5)6;/h2-22,24-29H,30H2,1H3;7-10,12,14H,13H2,1-6H3;/q2*-1;/i1D3;13D2;. The van der Waals surface area contributed by atoms with Gasteiger partial charge in [-0.2, -0.15) is 0 Å². The van der Waals surface area contributed by atoms with Crippen molar-refractivity contribution in [1.82, 2.24) is 19.5 Å². The second-order valence-corrected chi connectivity index (χ2v) is 25.6. The number of fused-ring (bicyclic) bond motifs is 6. The Morgan fingerprint density at radius 1 is 0.649 bits per heavy atom. The number of aromatic nitrogens is 4. The largest absolute Gasteiger partial charge is 0.486 e.